The number of rotatable bonds is 3. The van der Waals surface area contributed by atoms with Gasteiger partial charge in [-0.3, -0.25) is 4.55 Å². The Bertz CT molecular complexity index is 174. The average molecular weight is 211 g/mol. The smallest absolute Gasteiger partial charge is 0.383 e. The van der Waals surface area contributed by atoms with E-state index in [0.29, 0.717) is 0 Å². The molecule has 0 aliphatic heterocycles. The monoisotopic (exact) mass is 211 g/mol. The molecule has 0 unspecified atom stereocenters. The van der Waals surface area contributed by atoms with E-state index in [1.165, 1.54) is 7.11 Å². The van der Waals surface area contributed by atoms with Crippen molar-refractivity contribution < 1.29 is 30.6 Å². The maximum absolute atomic E-state index is 11.0. The molecule has 0 fully saturated rings. The zero-order valence-corrected chi connectivity index (χ0v) is 6.89. The van der Waals surface area contributed by atoms with E-state index < -0.39 is 15.8 Å². The Morgan fingerprint density at radius 3 is 1.92 bits per heavy atom. The molecule has 0 aliphatic rings. The van der Waals surface area contributed by atoms with E-state index >= 15 is 0 Å². The van der Waals surface area contributed by atoms with Crippen LogP contribution in [0.1, 0.15) is 0 Å². The Kier molecular flexibility index (Phi) is 8.59. The SMILES string of the molecule is COCCN(F)F.O=S(=O)(O)F. The maximum atomic E-state index is 11.0. The lowest BCUT2D eigenvalue weighted by atomic mass is 10.7. The molecule has 0 aromatic carbocycles. The average Bonchev–Trinajstić information content (AvgIpc) is 1.79. The van der Waals surface area contributed by atoms with E-state index in [2.05, 4.69) is 4.74 Å². The van der Waals surface area contributed by atoms with Crippen LogP contribution in [0.2, 0.25) is 0 Å². The quantitative estimate of drug-likeness (QED) is 0.417. The molecule has 1 N–H and O–H groups in total. The largest absolute Gasteiger partial charge is 0.435 e. The molecular formula is C3H8F3NO4S. The number of halogens is 3. The van der Waals surface area contributed by atoms with Gasteiger partial charge in [-0.15, -0.1) is 8.96 Å². The lowest BCUT2D eigenvalue weighted by Crippen LogP contribution is -2.08. The highest BCUT2D eigenvalue weighted by molar-refractivity contribution is 7.80. The van der Waals surface area contributed by atoms with Gasteiger partial charge in [-0.2, -0.15) is 8.42 Å². The number of ether oxygens (including phenoxy) is 1. The van der Waals surface area contributed by atoms with Crippen LogP contribution in [-0.2, 0) is 15.2 Å². The Hall–Kier alpha value is -0.380. The van der Waals surface area contributed by atoms with Crippen LogP contribution in [0.3, 0.4) is 0 Å². The summed E-state index contributed by atoms with van der Waals surface area (Å²) < 4.78 is 60.4. The van der Waals surface area contributed by atoms with E-state index in [1.807, 2.05) is 0 Å². The Balaban J connectivity index is 0. The van der Waals surface area contributed by atoms with Crippen LogP contribution >= 0.6 is 0 Å². The summed E-state index contributed by atoms with van der Waals surface area (Å²) in [6, 6.07) is 0. The van der Waals surface area contributed by atoms with Crippen molar-refractivity contribution in [1.82, 2.24) is 5.34 Å². The molecule has 0 rings (SSSR count). The Labute approximate surface area is 67.6 Å². The fourth-order valence-corrected chi connectivity index (χ4v) is 0.160. The lowest BCUT2D eigenvalue weighted by molar-refractivity contribution is -0.160. The van der Waals surface area contributed by atoms with Crippen molar-refractivity contribution >= 4 is 10.5 Å². The molecule has 5 nitrogen and oxygen atoms in total. The van der Waals surface area contributed by atoms with Gasteiger partial charge in [0.05, 0.1) is 13.2 Å². The molecule has 12 heavy (non-hydrogen) atoms. The predicted octanol–water partition coefficient (Wildman–Crippen LogP) is 0.463. The van der Waals surface area contributed by atoms with Gasteiger partial charge in [0.25, 0.3) is 0 Å². The van der Waals surface area contributed by atoms with Gasteiger partial charge in [0.1, 0.15) is 0 Å². The minimum Gasteiger partial charge on any atom is -0.383 e. The third-order valence-corrected chi connectivity index (χ3v) is 0.464. The lowest BCUT2D eigenvalue weighted by Gasteiger charge is -1.95. The van der Waals surface area contributed by atoms with Crippen molar-refractivity contribution in [2.24, 2.45) is 0 Å². The molecule has 0 bridgehead atoms. The first-order valence-corrected chi connectivity index (χ1v) is 3.86. The van der Waals surface area contributed by atoms with Gasteiger partial charge in [0, 0.05) is 12.5 Å². The van der Waals surface area contributed by atoms with Crippen molar-refractivity contribution in [2.75, 3.05) is 20.3 Å². The van der Waals surface area contributed by atoms with Gasteiger partial charge in [0.15, 0.2) is 0 Å². The highest BCUT2D eigenvalue weighted by Gasteiger charge is 1.93. The molecule has 0 amide bonds. The summed E-state index contributed by atoms with van der Waals surface area (Å²) in [5.41, 5.74) is 0. The number of nitrogens with zero attached hydrogens (tertiary/aromatic N) is 1. The number of hydrogen-bond acceptors (Lipinski definition) is 4. The second kappa shape index (κ2) is 7.28. The Morgan fingerprint density at radius 1 is 1.50 bits per heavy atom. The molecule has 0 aromatic rings. The summed E-state index contributed by atoms with van der Waals surface area (Å²) >= 11 is 0. The van der Waals surface area contributed by atoms with Crippen LogP contribution in [0.5, 0.6) is 0 Å². The van der Waals surface area contributed by atoms with Crippen LogP contribution in [0.4, 0.5) is 12.8 Å². The summed E-state index contributed by atoms with van der Waals surface area (Å²) in [5.74, 6) is 0. The van der Waals surface area contributed by atoms with Crippen LogP contribution in [0.15, 0.2) is 0 Å². The maximum Gasteiger partial charge on any atom is 0.435 e. The highest BCUT2D eigenvalue weighted by atomic mass is 32.3. The van der Waals surface area contributed by atoms with E-state index in [1.54, 1.807) is 0 Å². The molecule has 9 heteroatoms. The van der Waals surface area contributed by atoms with Gasteiger partial charge >= 0.3 is 10.5 Å². The van der Waals surface area contributed by atoms with E-state index in [0.717, 1.165) is 0 Å². The fraction of sp³-hybridized carbons (Fsp3) is 1.00. The first-order valence-electron chi connectivity index (χ1n) is 2.52. The molecule has 0 spiro atoms. The highest BCUT2D eigenvalue weighted by Crippen LogP contribution is 1.85. The predicted molar refractivity (Wildman–Crippen MR) is 33.5 cm³/mol. The second-order valence-electron chi connectivity index (χ2n) is 1.43. The molecule has 0 atom stereocenters. The summed E-state index contributed by atoms with van der Waals surface area (Å²) in [7, 11) is -3.79. The third-order valence-electron chi connectivity index (χ3n) is 0.464. The zero-order valence-electron chi connectivity index (χ0n) is 6.08. The van der Waals surface area contributed by atoms with Crippen LogP contribution in [0.25, 0.3) is 0 Å². The first-order chi connectivity index (χ1) is 5.27. The molecule has 0 radical (unpaired) electrons. The third kappa shape index (κ3) is 54.5. The van der Waals surface area contributed by atoms with Gasteiger partial charge < -0.3 is 4.74 Å². The minimum atomic E-state index is -5.17. The van der Waals surface area contributed by atoms with Crippen molar-refractivity contribution in [3.8, 4) is 0 Å². The van der Waals surface area contributed by atoms with Crippen LogP contribution < -0.4 is 0 Å². The van der Waals surface area contributed by atoms with Gasteiger partial charge in [0.2, 0.25) is 0 Å². The van der Waals surface area contributed by atoms with Crippen LogP contribution in [0, 0.1) is 0 Å². The van der Waals surface area contributed by atoms with Crippen molar-refractivity contribution in [3.63, 3.8) is 0 Å². The molecule has 0 saturated carbocycles. The van der Waals surface area contributed by atoms with E-state index in [-0.39, 0.29) is 13.2 Å². The number of methoxy groups -OCH3 is 1. The van der Waals surface area contributed by atoms with Crippen molar-refractivity contribution in [1.29, 1.82) is 0 Å². The van der Waals surface area contributed by atoms with Crippen molar-refractivity contribution in [2.45, 2.75) is 0 Å². The Morgan fingerprint density at radius 2 is 1.83 bits per heavy atom. The van der Waals surface area contributed by atoms with Gasteiger partial charge in [-0.1, -0.05) is 3.89 Å². The minimum absolute atomic E-state index is 0.0764. The fourth-order valence-electron chi connectivity index (χ4n) is 0.160. The second-order valence-corrected chi connectivity index (χ2v) is 2.26. The first kappa shape index (κ1) is 14.2. The van der Waals surface area contributed by atoms with Gasteiger partial charge in [-0.25, -0.2) is 0 Å². The van der Waals surface area contributed by atoms with E-state index in [9.17, 15) is 12.8 Å². The number of hydrogen-bond donors (Lipinski definition) is 1. The molecule has 0 heterocycles. The molecule has 0 saturated heterocycles. The standard InChI is InChI=1S/C3H7F2NO.FHO3S/c1-7-3-2-6(4)5;1-5(2,3)4/h2-3H2,1H3;(H,2,3,4). The zero-order chi connectivity index (χ0) is 10.2. The van der Waals surface area contributed by atoms with Gasteiger partial charge in [-0.05, 0) is 0 Å². The summed E-state index contributed by atoms with van der Waals surface area (Å²) in [4.78, 5) is 0. The molecule has 76 valence electrons. The molecule has 0 aliphatic carbocycles. The topological polar surface area (TPSA) is 66.8 Å². The molecule has 0 aromatic heterocycles. The normalized spacial score (nSPS) is 10.8. The summed E-state index contributed by atoms with van der Waals surface area (Å²) in [5, 5.41) is -0.913. The van der Waals surface area contributed by atoms with Crippen molar-refractivity contribution in [3.05, 3.63) is 0 Å². The van der Waals surface area contributed by atoms with Crippen LogP contribution in [-0.4, -0.2) is 38.6 Å². The molecular weight excluding hydrogens is 203 g/mol. The summed E-state index contributed by atoms with van der Waals surface area (Å²) in [6.45, 7) is -0.247. The summed E-state index contributed by atoms with van der Waals surface area (Å²) in [6.07, 6.45) is 0. The van der Waals surface area contributed by atoms with E-state index in [4.69, 9.17) is 13.0 Å².